The molecule has 27 heavy (non-hydrogen) atoms. The van der Waals surface area contributed by atoms with Crippen LogP contribution in [0.4, 0.5) is 5.69 Å². The van der Waals surface area contributed by atoms with Gasteiger partial charge in [0.05, 0.1) is 0 Å². The molecule has 1 amide bonds. The minimum Gasteiger partial charge on any atom is -0.454 e. The van der Waals surface area contributed by atoms with Gasteiger partial charge >= 0.3 is 5.97 Å². The zero-order chi connectivity index (χ0) is 18.9. The van der Waals surface area contributed by atoms with E-state index in [-0.39, 0.29) is 12.5 Å². The van der Waals surface area contributed by atoms with Gasteiger partial charge in [-0.2, -0.15) is 0 Å². The third-order valence-electron chi connectivity index (χ3n) is 3.72. The van der Waals surface area contributed by atoms with Gasteiger partial charge in [0.2, 0.25) is 0 Å². The lowest BCUT2D eigenvalue weighted by molar-refractivity contribution is -0.146. The number of esters is 1. The zero-order valence-corrected chi connectivity index (χ0v) is 15.4. The topological polar surface area (TPSA) is 55.4 Å². The van der Waals surface area contributed by atoms with Crippen molar-refractivity contribution < 1.29 is 14.3 Å². The average molecular weight is 377 g/mol. The van der Waals surface area contributed by atoms with Gasteiger partial charge in [-0.3, -0.25) is 9.59 Å². The molecular weight excluding hydrogens is 358 g/mol. The molecule has 0 aliphatic heterocycles. The smallest absolute Gasteiger partial charge is 0.324 e. The maximum Gasteiger partial charge on any atom is 0.324 e. The first-order valence-electron chi connectivity index (χ1n) is 8.50. The number of rotatable bonds is 7. The predicted molar refractivity (Wildman–Crippen MR) is 108 cm³/mol. The molecule has 0 saturated carbocycles. The van der Waals surface area contributed by atoms with Crippen LogP contribution >= 0.6 is 11.8 Å². The lowest BCUT2D eigenvalue weighted by Gasteiger charge is -2.16. The van der Waals surface area contributed by atoms with Crippen molar-refractivity contribution in [3.05, 3.63) is 96.6 Å². The van der Waals surface area contributed by atoms with Gasteiger partial charge in [0.1, 0.15) is 5.25 Å². The second kappa shape index (κ2) is 9.59. The molecule has 1 atom stereocenters. The molecule has 3 aromatic rings. The Morgan fingerprint density at radius 3 is 2.00 bits per heavy atom. The summed E-state index contributed by atoms with van der Waals surface area (Å²) in [7, 11) is 0. The van der Waals surface area contributed by atoms with E-state index in [1.54, 1.807) is 12.1 Å². The first-order chi connectivity index (χ1) is 13.2. The Hall–Kier alpha value is -3.05. The Bertz CT molecular complexity index is 870. The van der Waals surface area contributed by atoms with Crippen LogP contribution in [-0.4, -0.2) is 18.5 Å². The van der Waals surface area contributed by atoms with Crippen molar-refractivity contribution in [1.29, 1.82) is 0 Å². The highest BCUT2D eigenvalue weighted by Gasteiger charge is 2.24. The Kier molecular flexibility index (Phi) is 6.66. The number of thioether (sulfide) groups is 1. The molecule has 0 fully saturated rings. The number of hydrogen-bond acceptors (Lipinski definition) is 4. The van der Waals surface area contributed by atoms with Gasteiger partial charge < -0.3 is 10.1 Å². The molecule has 0 spiro atoms. The van der Waals surface area contributed by atoms with Gasteiger partial charge in [-0.15, -0.1) is 11.8 Å². The van der Waals surface area contributed by atoms with E-state index >= 15 is 0 Å². The molecule has 0 aromatic heterocycles. The van der Waals surface area contributed by atoms with Crippen LogP contribution in [0.25, 0.3) is 0 Å². The molecule has 136 valence electrons. The van der Waals surface area contributed by atoms with E-state index in [1.807, 2.05) is 78.9 Å². The van der Waals surface area contributed by atoms with Crippen LogP contribution in [0.15, 0.2) is 95.9 Å². The number of benzene rings is 3. The Labute approximate surface area is 162 Å². The van der Waals surface area contributed by atoms with Gasteiger partial charge in [0.15, 0.2) is 6.61 Å². The summed E-state index contributed by atoms with van der Waals surface area (Å²) in [6.07, 6.45) is 0. The maximum atomic E-state index is 12.7. The molecular formula is C22H19NO3S. The molecule has 0 aliphatic carbocycles. The summed E-state index contributed by atoms with van der Waals surface area (Å²) in [4.78, 5) is 25.7. The van der Waals surface area contributed by atoms with Gasteiger partial charge in [-0.05, 0) is 29.8 Å². The first-order valence-corrected chi connectivity index (χ1v) is 9.38. The third kappa shape index (κ3) is 5.72. The average Bonchev–Trinajstić information content (AvgIpc) is 2.72. The van der Waals surface area contributed by atoms with Crippen LogP contribution < -0.4 is 5.32 Å². The monoisotopic (exact) mass is 377 g/mol. The van der Waals surface area contributed by atoms with E-state index in [2.05, 4.69) is 5.32 Å². The van der Waals surface area contributed by atoms with Gasteiger partial charge in [0.25, 0.3) is 5.91 Å². The van der Waals surface area contributed by atoms with Crippen molar-refractivity contribution in [3.8, 4) is 0 Å². The van der Waals surface area contributed by atoms with Crippen LogP contribution in [0.2, 0.25) is 0 Å². The number of para-hydroxylation sites is 1. The first kappa shape index (κ1) is 18.7. The number of nitrogens with one attached hydrogen (secondary N) is 1. The largest absolute Gasteiger partial charge is 0.454 e. The third-order valence-corrected chi connectivity index (χ3v) is 4.96. The zero-order valence-electron chi connectivity index (χ0n) is 14.6. The number of anilines is 1. The van der Waals surface area contributed by atoms with E-state index in [4.69, 9.17) is 4.74 Å². The van der Waals surface area contributed by atoms with Gasteiger partial charge in [-0.25, -0.2) is 0 Å². The number of carbonyl (C=O) groups is 2. The fourth-order valence-corrected chi connectivity index (χ4v) is 3.49. The van der Waals surface area contributed by atoms with E-state index in [0.717, 1.165) is 10.5 Å². The molecule has 4 nitrogen and oxygen atoms in total. The Balaban J connectivity index is 1.65. The molecule has 0 heterocycles. The normalized spacial score (nSPS) is 11.4. The van der Waals surface area contributed by atoms with Crippen molar-refractivity contribution in [2.75, 3.05) is 11.9 Å². The van der Waals surface area contributed by atoms with E-state index in [9.17, 15) is 9.59 Å². The van der Waals surface area contributed by atoms with Crippen molar-refractivity contribution >= 4 is 29.3 Å². The highest BCUT2D eigenvalue weighted by Crippen LogP contribution is 2.36. The van der Waals surface area contributed by atoms with Crippen LogP contribution in [0.1, 0.15) is 10.8 Å². The quantitative estimate of drug-likeness (QED) is 0.479. The molecule has 5 heteroatoms. The van der Waals surface area contributed by atoms with Crippen LogP contribution in [0.5, 0.6) is 0 Å². The lowest BCUT2D eigenvalue weighted by atomic mass is 10.1. The number of amides is 1. The van der Waals surface area contributed by atoms with Crippen LogP contribution in [0.3, 0.4) is 0 Å². The number of hydrogen-bond donors (Lipinski definition) is 1. The number of ether oxygens (including phenoxy) is 1. The molecule has 3 aromatic carbocycles. The van der Waals surface area contributed by atoms with E-state index < -0.39 is 11.2 Å². The second-order valence-electron chi connectivity index (χ2n) is 5.74. The van der Waals surface area contributed by atoms with Crippen LogP contribution in [-0.2, 0) is 14.3 Å². The minimum absolute atomic E-state index is 0.327. The SMILES string of the molecule is O=C(COC(=O)[C@H](Sc1ccccc1)c1ccccc1)Nc1ccccc1. The summed E-state index contributed by atoms with van der Waals surface area (Å²) in [5.74, 6) is -0.815. The fraction of sp³-hybridized carbons (Fsp3) is 0.0909. The van der Waals surface area contributed by atoms with E-state index in [0.29, 0.717) is 5.69 Å². The maximum absolute atomic E-state index is 12.7. The molecule has 0 aliphatic rings. The lowest BCUT2D eigenvalue weighted by Crippen LogP contribution is -2.23. The molecule has 1 N–H and O–H groups in total. The van der Waals surface area contributed by atoms with Gasteiger partial charge in [-0.1, -0.05) is 66.7 Å². The summed E-state index contributed by atoms with van der Waals surface area (Å²) < 4.78 is 5.29. The predicted octanol–water partition coefficient (Wildman–Crippen LogP) is 4.70. The number of carbonyl (C=O) groups excluding carboxylic acids is 2. The fourth-order valence-electron chi connectivity index (χ4n) is 2.45. The summed E-state index contributed by atoms with van der Waals surface area (Å²) >= 11 is 1.40. The highest BCUT2D eigenvalue weighted by atomic mass is 32.2. The van der Waals surface area contributed by atoms with Gasteiger partial charge in [0, 0.05) is 10.6 Å². The molecule has 0 radical (unpaired) electrons. The minimum atomic E-state index is -0.543. The molecule has 0 bridgehead atoms. The van der Waals surface area contributed by atoms with Crippen molar-refractivity contribution in [2.45, 2.75) is 10.1 Å². The summed E-state index contributed by atoms with van der Waals surface area (Å²) in [6, 6.07) is 28.1. The van der Waals surface area contributed by atoms with E-state index in [1.165, 1.54) is 11.8 Å². The summed E-state index contributed by atoms with van der Waals surface area (Å²) in [5, 5.41) is 2.16. The molecule has 0 unspecified atom stereocenters. The van der Waals surface area contributed by atoms with Crippen molar-refractivity contribution in [3.63, 3.8) is 0 Å². The van der Waals surface area contributed by atoms with Crippen molar-refractivity contribution in [2.24, 2.45) is 0 Å². The molecule has 3 rings (SSSR count). The molecule has 0 saturated heterocycles. The highest BCUT2D eigenvalue weighted by molar-refractivity contribution is 8.00. The second-order valence-corrected chi connectivity index (χ2v) is 6.92. The Morgan fingerprint density at radius 2 is 1.37 bits per heavy atom. The summed E-state index contributed by atoms with van der Waals surface area (Å²) in [6.45, 7) is -0.327. The van der Waals surface area contributed by atoms with Crippen molar-refractivity contribution in [1.82, 2.24) is 0 Å². The Morgan fingerprint density at radius 1 is 0.815 bits per heavy atom. The van der Waals surface area contributed by atoms with Crippen LogP contribution in [0, 0.1) is 0 Å². The standard InChI is InChI=1S/C22H19NO3S/c24-20(23-18-12-6-2-7-13-18)16-26-22(25)21(17-10-4-1-5-11-17)27-19-14-8-3-9-15-19/h1-15,21H,16H2,(H,23,24)/t21-/m1/s1. The summed E-state index contributed by atoms with van der Waals surface area (Å²) in [5.41, 5.74) is 1.50.